The molecule has 1 aliphatic heterocycles. The van der Waals surface area contributed by atoms with Gasteiger partial charge in [0, 0.05) is 17.0 Å². The van der Waals surface area contributed by atoms with Gasteiger partial charge in [-0.25, -0.2) is 0 Å². The molecule has 1 saturated heterocycles. The number of benzene rings is 1. The number of piperidine rings is 1. The molecule has 104 valence electrons. The van der Waals surface area contributed by atoms with Crippen LogP contribution in [0.2, 0.25) is 5.02 Å². The normalized spacial score (nSPS) is 34.8. The van der Waals surface area contributed by atoms with Gasteiger partial charge < -0.3 is 10.4 Å². The summed E-state index contributed by atoms with van der Waals surface area (Å²) in [5.74, 6) is 0.397. The van der Waals surface area contributed by atoms with E-state index in [0.29, 0.717) is 12.0 Å². The lowest BCUT2D eigenvalue weighted by Gasteiger charge is -2.48. The van der Waals surface area contributed by atoms with E-state index in [0.717, 1.165) is 37.3 Å². The Bertz CT molecular complexity index is 446. The SMILES string of the molecule is OC12CCCCC1C(Cc1cccc(Cl)c1)NCC2. The second kappa shape index (κ2) is 5.43. The highest BCUT2D eigenvalue weighted by molar-refractivity contribution is 6.30. The summed E-state index contributed by atoms with van der Waals surface area (Å²) in [6, 6.07) is 8.48. The van der Waals surface area contributed by atoms with Gasteiger partial charge in [0.05, 0.1) is 5.60 Å². The van der Waals surface area contributed by atoms with E-state index >= 15 is 0 Å². The Morgan fingerprint density at radius 3 is 3.05 bits per heavy atom. The molecule has 1 aliphatic carbocycles. The Morgan fingerprint density at radius 2 is 2.21 bits per heavy atom. The zero-order chi connectivity index (χ0) is 13.3. The molecule has 19 heavy (non-hydrogen) atoms. The fourth-order valence-electron chi connectivity index (χ4n) is 3.88. The van der Waals surface area contributed by atoms with Crippen LogP contribution in [0.3, 0.4) is 0 Å². The van der Waals surface area contributed by atoms with Crippen LogP contribution in [0.15, 0.2) is 24.3 Å². The van der Waals surface area contributed by atoms with Crippen molar-refractivity contribution in [3.8, 4) is 0 Å². The summed E-state index contributed by atoms with van der Waals surface area (Å²) in [6.07, 6.45) is 6.43. The molecule has 3 atom stereocenters. The average Bonchev–Trinajstić information content (AvgIpc) is 2.38. The van der Waals surface area contributed by atoms with Crippen LogP contribution in [0, 0.1) is 5.92 Å². The molecule has 0 aromatic heterocycles. The average molecular weight is 280 g/mol. The Balaban J connectivity index is 1.76. The molecule has 0 radical (unpaired) electrons. The molecule has 2 nitrogen and oxygen atoms in total. The third-order valence-corrected chi connectivity index (χ3v) is 5.09. The Hall–Kier alpha value is -0.570. The van der Waals surface area contributed by atoms with E-state index in [-0.39, 0.29) is 0 Å². The zero-order valence-corrected chi connectivity index (χ0v) is 12.0. The van der Waals surface area contributed by atoms with Gasteiger partial charge in [0.15, 0.2) is 0 Å². The Kier molecular flexibility index (Phi) is 3.84. The molecule has 3 unspecified atom stereocenters. The van der Waals surface area contributed by atoms with Crippen LogP contribution in [-0.4, -0.2) is 23.3 Å². The summed E-state index contributed by atoms with van der Waals surface area (Å²) in [5.41, 5.74) is 0.840. The van der Waals surface area contributed by atoms with E-state index in [1.165, 1.54) is 18.4 Å². The molecule has 2 aliphatic rings. The predicted molar refractivity (Wildman–Crippen MR) is 78.5 cm³/mol. The van der Waals surface area contributed by atoms with Crippen molar-refractivity contribution < 1.29 is 5.11 Å². The van der Waals surface area contributed by atoms with Crippen LogP contribution < -0.4 is 5.32 Å². The lowest BCUT2D eigenvalue weighted by atomic mass is 9.67. The Morgan fingerprint density at radius 1 is 1.32 bits per heavy atom. The van der Waals surface area contributed by atoms with Crippen molar-refractivity contribution in [3.05, 3.63) is 34.9 Å². The minimum absolute atomic E-state index is 0.387. The predicted octanol–water partition coefficient (Wildman–Crippen LogP) is 3.17. The molecular weight excluding hydrogens is 258 g/mol. The first kappa shape index (κ1) is 13.4. The fourth-order valence-corrected chi connectivity index (χ4v) is 4.10. The summed E-state index contributed by atoms with van der Waals surface area (Å²) in [6.45, 7) is 0.929. The van der Waals surface area contributed by atoms with Crippen LogP contribution in [0.25, 0.3) is 0 Å². The third-order valence-electron chi connectivity index (χ3n) is 4.86. The number of rotatable bonds is 2. The molecule has 0 amide bonds. The standard InChI is InChI=1S/C16H22ClNO/c17-13-5-3-4-12(10-13)11-15-14-6-1-2-7-16(14,19)8-9-18-15/h3-5,10,14-15,18-19H,1-2,6-9,11H2. The second-order valence-electron chi connectivity index (χ2n) is 6.10. The molecule has 1 heterocycles. The molecule has 0 bridgehead atoms. The van der Waals surface area contributed by atoms with Gasteiger partial charge in [0.2, 0.25) is 0 Å². The van der Waals surface area contributed by atoms with Gasteiger partial charge in [0.1, 0.15) is 0 Å². The third kappa shape index (κ3) is 2.81. The van der Waals surface area contributed by atoms with E-state index in [1.54, 1.807) is 0 Å². The van der Waals surface area contributed by atoms with Crippen molar-refractivity contribution in [2.45, 2.75) is 50.2 Å². The topological polar surface area (TPSA) is 32.3 Å². The quantitative estimate of drug-likeness (QED) is 0.872. The van der Waals surface area contributed by atoms with Crippen molar-refractivity contribution >= 4 is 11.6 Å². The molecule has 2 N–H and O–H groups in total. The number of hydrogen-bond acceptors (Lipinski definition) is 2. The van der Waals surface area contributed by atoms with Crippen LogP contribution in [-0.2, 0) is 6.42 Å². The first-order valence-electron chi connectivity index (χ1n) is 7.38. The largest absolute Gasteiger partial charge is 0.389 e. The molecular formula is C16H22ClNO. The molecule has 1 aromatic carbocycles. The summed E-state index contributed by atoms with van der Waals surface area (Å²) < 4.78 is 0. The van der Waals surface area contributed by atoms with Gasteiger partial charge in [-0.15, -0.1) is 0 Å². The highest BCUT2D eigenvalue weighted by atomic mass is 35.5. The van der Waals surface area contributed by atoms with E-state index in [2.05, 4.69) is 11.4 Å². The van der Waals surface area contributed by atoms with Gasteiger partial charge in [-0.3, -0.25) is 0 Å². The molecule has 3 heteroatoms. The number of fused-ring (bicyclic) bond motifs is 1. The van der Waals surface area contributed by atoms with Crippen molar-refractivity contribution in [3.63, 3.8) is 0 Å². The van der Waals surface area contributed by atoms with Gasteiger partial charge in [-0.2, -0.15) is 0 Å². The fraction of sp³-hybridized carbons (Fsp3) is 0.625. The van der Waals surface area contributed by atoms with Gasteiger partial charge in [-0.1, -0.05) is 36.6 Å². The van der Waals surface area contributed by atoms with Gasteiger partial charge in [0.25, 0.3) is 0 Å². The summed E-state index contributed by atoms with van der Waals surface area (Å²) in [7, 11) is 0. The number of aliphatic hydroxyl groups is 1. The van der Waals surface area contributed by atoms with Crippen LogP contribution >= 0.6 is 11.6 Å². The first-order valence-corrected chi connectivity index (χ1v) is 7.75. The second-order valence-corrected chi connectivity index (χ2v) is 6.54. The molecule has 1 aromatic rings. The maximum absolute atomic E-state index is 10.8. The van der Waals surface area contributed by atoms with E-state index < -0.39 is 5.60 Å². The van der Waals surface area contributed by atoms with Crippen molar-refractivity contribution in [2.75, 3.05) is 6.54 Å². The number of halogens is 1. The molecule has 0 spiro atoms. The first-order chi connectivity index (χ1) is 9.17. The summed E-state index contributed by atoms with van der Waals surface area (Å²) >= 11 is 6.06. The maximum atomic E-state index is 10.8. The maximum Gasteiger partial charge on any atom is 0.0702 e. The summed E-state index contributed by atoms with van der Waals surface area (Å²) in [4.78, 5) is 0. The Labute approximate surface area is 120 Å². The molecule has 1 saturated carbocycles. The molecule has 3 rings (SSSR count). The van der Waals surface area contributed by atoms with Crippen molar-refractivity contribution in [1.82, 2.24) is 5.32 Å². The lowest BCUT2D eigenvalue weighted by Crippen LogP contribution is -2.58. The summed E-state index contributed by atoms with van der Waals surface area (Å²) in [5, 5.41) is 15.2. The number of nitrogens with one attached hydrogen (secondary N) is 1. The van der Waals surface area contributed by atoms with Gasteiger partial charge >= 0.3 is 0 Å². The van der Waals surface area contributed by atoms with E-state index in [9.17, 15) is 5.11 Å². The van der Waals surface area contributed by atoms with Crippen molar-refractivity contribution in [1.29, 1.82) is 0 Å². The van der Waals surface area contributed by atoms with Crippen LogP contribution in [0.1, 0.15) is 37.7 Å². The molecule has 2 fully saturated rings. The highest BCUT2D eigenvalue weighted by Gasteiger charge is 2.45. The zero-order valence-electron chi connectivity index (χ0n) is 11.2. The van der Waals surface area contributed by atoms with E-state index in [4.69, 9.17) is 11.6 Å². The lowest BCUT2D eigenvalue weighted by molar-refractivity contribution is -0.0850. The smallest absolute Gasteiger partial charge is 0.0702 e. The monoisotopic (exact) mass is 279 g/mol. The minimum atomic E-state index is -0.424. The van der Waals surface area contributed by atoms with Crippen LogP contribution in [0.5, 0.6) is 0 Å². The van der Waals surface area contributed by atoms with Crippen LogP contribution in [0.4, 0.5) is 0 Å². The highest BCUT2D eigenvalue weighted by Crippen LogP contribution is 2.41. The van der Waals surface area contributed by atoms with Gasteiger partial charge in [-0.05, 0) is 49.9 Å². The van der Waals surface area contributed by atoms with E-state index in [1.807, 2.05) is 18.2 Å². The minimum Gasteiger partial charge on any atom is -0.389 e. The number of hydrogen-bond donors (Lipinski definition) is 2. The van der Waals surface area contributed by atoms with Crippen molar-refractivity contribution in [2.24, 2.45) is 5.92 Å².